The van der Waals surface area contributed by atoms with Crippen LogP contribution in [0.3, 0.4) is 0 Å². The molecule has 4 rings (SSSR count). The highest BCUT2D eigenvalue weighted by atomic mass is 19.1. The van der Waals surface area contributed by atoms with Crippen molar-refractivity contribution in [3.8, 4) is 0 Å². The van der Waals surface area contributed by atoms with Gasteiger partial charge in [-0.2, -0.15) is 0 Å². The second-order valence-electron chi connectivity index (χ2n) is 8.82. The molecule has 1 aliphatic rings. The molecule has 0 aromatic heterocycles. The van der Waals surface area contributed by atoms with Gasteiger partial charge in [0.05, 0.1) is 6.04 Å². The number of amides is 3. The standard InChI is InChI=1S/C28H29FN4O3/c1-18(30-24(34)17-14-19-12-15-21(29)16-13-19)27(35)32-26-28(36)33(2)23-11-7-6-10-22(23)25(31-26)20-8-4-3-5-9-20/h3-13,15-16,18,25-26,31H,14,17H2,1-2H3,(H,30,34)(H,32,35). The van der Waals surface area contributed by atoms with E-state index in [2.05, 4.69) is 16.0 Å². The van der Waals surface area contributed by atoms with Crippen LogP contribution in [0.2, 0.25) is 0 Å². The van der Waals surface area contributed by atoms with Crippen molar-refractivity contribution >= 4 is 23.4 Å². The number of para-hydroxylation sites is 1. The molecular weight excluding hydrogens is 459 g/mol. The number of aryl methyl sites for hydroxylation is 1. The van der Waals surface area contributed by atoms with E-state index in [4.69, 9.17) is 0 Å². The molecule has 0 saturated heterocycles. The predicted molar refractivity (Wildman–Crippen MR) is 136 cm³/mol. The Bertz CT molecular complexity index is 1230. The van der Waals surface area contributed by atoms with Gasteiger partial charge in [0.1, 0.15) is 11.9 Å². The van der Waals surface area contributed by atoms with Crippen molar-refractivity contribution in [1.29, 1.82) is 0 Å². The summed E-state index contributed by atoms with van der Waals surface area (Å²) in [5.74, 6) is -1.45. The predicted octanol–water partition coefficient (Wildman–Crippen LogP) is 3.06. The smallest absolute Gasteiger partial charge is 0.264 e. The lowest BCUT2D eigenvalue weighted by Crippen LogP contribution is -2.58. The third kappa shape index (κ3) is 5.78. The lowest BCUT2D eigenvalue weighted by Gasteiger charge is -2.25. The van der Waals surface area contributed by atoms with E-state index < -0.39 is 18.1 Å². The largest absolute Gasteiger partial charge is 0.345 e. The van der Waals surface area contributed by atoms with E-state index >= 15 is 0 Å². The summed E-state index contributed by atoms with van der Waals surface area (Å²) in [7, 11) is 1.68. The number of nitrogens with zero attached hydrogens (tertiary/aromatic N) is 1. The van der Waals surface area contributed by atoms with Crippen LogP contribution in [0, 0.1) is 5.82 Å². The van der Waals surface area contributed by atoms with Gasteiger partial charge in [0.2, 0.25) is 11.8 Å². The Hall–Kier alpha value is -4.04. The third-order valence-electron chi connectivity index (χ3n) is 6.26. The molecule has 3 N–H and O–H groups in total. The zero-order chi connectivity index (χ0) is 25.7. The number of hydrogen-bond donors (Lipinski definition) is 3. The van der Waals surface area contributed by atoms with Gasteiger partial charge in [-0.25, -0.2) is 4.39 Å². The summed E-state index contributed by atoms with van der Waals surface area (Å²) in [6.07, 6.45) is -0.429. The maximum Gasteiger partial charge on any atom is 0.264 e. The fraction of sp³-hybridized carbons (Fsp3) is 0.250. The number of likely N-dealkylation sites (N-methyl/N-ethyl adjacent to an activating group) is 1. The van der Waals surface area contributed by atoms with Crippen LogP contribution in [0.5, 0.6) is 0 Å². The van der Waals surface area contributed by atoms with E-state index in [0.717, 1.165) is 22.4 Å². The molecule has 186 valence electrons. The van der Waals surface area contributed by atoms with Crippen molar-refractivity contribution in [1.82, 2.24) is 16.0 Å². The van der Waals surface area contributed by atoms with Crippen LogP contribution < -0.4 is 20.9 Å². The zero-order valence-corrected chi connectivity index (χ0v) is 20.2. The highest BCUT2D eigenvalue weighted by Crippen LogP contribution is 2.33. The maximum atomic E-state index is 13.3. The monoisotopic (exact) mass is 488 g/mol. The van der Waals surface area contributed by atoms with Gasteiger partial charge in [-0.3, -0.25) is 19.7 Å². The minimum absolute atomic E-state index is 0.151. The quantitative estimate of drug-likeness (QED) is 0.477. The number of carbonyl (C=O) groups is 3. The van der Waals surface area contributed by atoms with Crippen molar-refractivity contribution in [3.63, 3.8) is 0 Å². The normalized spacial score (nSPS) is 18.1. The van der Waals surface area contributed by atoms with Crippen LogP contribution in [0.1, 0.15) is 36.1 Å². The Morgan fingerprint density at radius 2 is 1.67 bits per heavy atom. The molecule has 0 bridgehead atoms. The molecule has 1 aliphatic heterocycles. The van der Waals surface area contributed by atoms with E-state index in [9.17, 15) is 18.8 Å². The lowest BCUT2D eigenvalue weighted by atomic mass is 9.97. The van der Waals surface area contributed by atoms with Gasteiger partial charge >= 0.3 is 0 Å². The van der Waals surface area contributed by atoms with Crippen molar-refractivity contribution in [2.45, 2.75) is 38.0 Å². The minimum Gasteiger partial charge on any atom is -0.345 e. The Kier molecular flexibility index (Phi) is 7.75. The summed E-state index contributed by atoms with van der Waals surface area (Å²) in [5.41, 5.74) is 3.45. The Balaban J connectivity index is 1.43. The molecule has 36 heavy (non-hydrogen) atoms. The van der Waals surface area contributed by atoms with Gasteiger partial charge in [0.25, 0.3) is 5.91 Å². The highest BCUT2D eigenvalue weighted by molar-refractivity contribution is 6.00. The molecule has 0 fully saturated rings. The summed E-state index contributed by atoms with van der Waals surface area (Å²) < 4.78 is 13.1. The van der Waals surface area contributed by atoms with Crippen LogP contribution in [-0.4, -0.2) is 37.0 Å². The number of fused-ring (bicyclic) bond motifs is 1. The molecule has 3 atom stereocenters. The highest BCUT2D eigenvalue weighted by Gasteiger charge is 2.35. The van der Waals surface area contributed by atoms with Crippen LogP contribution in [0.4, 0.5) is 10.1 Å². The van der Waals surface area contributed by atoms with E-state index in [0.29, 0.717) is 6.42 Å². The summed E-state index contributed by atoms with van der Waals surface area (Å²) >= 11 is 0. The van der Waals surface area contributed by atoms with Crippen LogP contribution >= 0.6 is 0 Å². The maximum absolute atomic E-state index is 13.3. The second kappa shape index (κ2) is 11.1. The van der Waals surface area contributed by atoms with E-state index in [1.165, 1.54) is 17.0 Å². The topological polar surface area (TPSA) is 90.5 Å². The molecule has 0 saturated carbocycles. The Labute approximate surface area is 209 Å². The first-order valence-corrected chi connectivity index (χ1v) is 11.8. The molecular formula is C28H29FN4O3. The van der Waals surface area contributed by atoms with Crippen molar-refractivity contribution in [2.75, 3.05) is 11.9 Å². The number of benzene rings is 3. The van der Waals surface area contributed by atoms with Crippen molar-refractivity contribution < 1.29 is 18.8 Å². The van der Waals surface area contributed by atoms with Gasteiger partial charge in [-0.05, 0) is 48.2 Å². The molecule has 3 amide bonds. The van der Waals surface area contributed by atoms with Crippen molar-refractivity contribution in [3.05, 3.63) is 101 Å². The fourth-order valence-corrected chi connectivity index (χ4v) is 4.26. The molecule has 1 heterocycles. The molecule has 3 aromatic rings. The molecule has 0 spiro atoms. The van der Waals surface area contributed by atoms with E-state index in [1.807, 2.05) is 54.6 Å². The first kappa shape index (κ1) is 25.1. The molecule has 8 heteroatoms. The number of carbonyl (C=O) groups excluding carboxylic acids is 3. The van der Waals surface area contributed by atoms with E-state index in [1.54, 1.807) is 26.1 Å². The fourth-order valence-electron chi connectivity index (χ4n) is 4.26. The molecule has 0 aliphatic carbocycles. The van der Waals surface area contributed by atoms with Gasteiger partial charge in [0, 0.05) is 19.2 Å². The average molecular weight is 489 g/mol. The summed E-state index contributed by atoms with van der Waals surface area (Å²) in [5, 5.41) is 8.73. The zero-order valence-electron chi connectivity index (χ0n) is 20.2. The van der Waals surface area contributed by atoms with Crippen LogP contribution in [0.25, 0.3) is 0 Å². The number of anilines is 1. The minimum atomic E-state index is -1.00. The SMILES string of the molecule is CC(NC(=O)CCc1ccc(F)cc1)C(=O)NC1NC(c2ccccc2)c2ccccc2N(C)C1=O. The second-order valence-corrected chi connectivity index (χ2v) is 8.82. The third-order valence-corrected chi connectivity index (χ3v) is 6.26. The molecule has 7 nitrogen and oxygen atoms in total. The Morgan fingerprint density at radius 1 is 1.00 bits per heavy atom. The summed E-state index contributed by atoms with van der Waals surface area (Å²) in [4.78, 5) is 40.2. The number of hydrogen-bond acceptors (Lipinski definition) is 4. The summed E-state index contributed by atoms with van der Waals surface area (Å²) in [6, 6.07) is 22.1. The summed E-state index contributed by atoms with van der Waals surface area (Å²) in [6.45, 7) is 1.57. The molecule has 3 unspecified atom stereocenters. The van der Waals surface area contributed by atoms with Crippen molar-refractivity contribution in [2.24, 2.45) is 0 Å². The molecule has 0 radical (unpaired) electrons. The van der Waals surface area contributed by atoms with E-state index in [-0.39, 0.29) is 30.1 Å². The molecule has 3 aromatic carbocycles. The number of rotatable bonds is 7. The first-order valence-electron chi connectivity index (χ1n) is 11.8. The van der Waals surface area contributed by atoms with Gasteiger partial charge in [-0.15, -0.1) is 0 Å². The van der Waals surface area contributed by atoms with Gasteiger partial charge in [0.15, 0.2) is 6.17 Å². The van der Waals surface area contributed by atoms with Crippen LogP contribution in [0.15, 0.2) is 78.9 Å². The Morgan fingerprint density at radius 3 is 2.39 bits per heavy atom. The lowest BCUT2D eigenvalue weighted by molar-refractivity contribution is -0.131. The number of nitrogens with one attached hydrogen (secondary N) is 3. The number of halogens is 1. The van der Waals surface area contributed by atoms with Crippen LogP contribution in [-0.2, 0) is 20.8 Å². The average Bonchev–Trinajstić information content (AvgIpc) is 2.99. The van der Waals surface area contributed by atoms with Gasteiger partial charge < -0.3 is 15.5 Å². The van der Waals surface area contributed by atoms with Gasteiger partial charge in [-0.1, -0.05) is 60.7 Å². The first-order chi connectivity index (χ1) is 17.3.